The van der Waals surface area contributed by atoms with Crippen LogP contribution in [0.15, 0.2) is 52.5 Å². The number of hydrogen-bond donors (Lipinski definition) is 5. The van der Waals surface area contributed by atoms with Gasteiger partial charge in [0.1, 0.15) is 23.9 Å². The number of aliphatic carboxylic acids is 1. The molecule has 4 heterocycles. The Morgan fingerprint density at radius 3 is 2.61 bits per heavy atom. The quantitative estimate of drug-likeness (QED) is 0.215. The number of carboxylic acid groups (broad SMARTS) is 1. The van der Waals surface area contributed by atoms with Gasteiger partial charge in [0.15, 0.2) is 0 Å². The van der Waals surface area contributed by atoms with Gasteiger partial charge in [-0.1, -0.05) is 30.1 Å². The van der Waals surface area contributed by atoms with Gasteiger partial charge in [-0.25, -0.2) is 19.4 Å². The molecule has 6 rings (SSSR count). The largest absolute Gasteiger partial charge is 0.477 e. The number of rotatable bonds is 8. The number of amides is 3. The van der Waals surface area contributed by atoms with E-state index in [1.54, 1.807) is 19.1 Å². The minimum atomic E-state index is -1.33. The van der Waals surface area contributed by atoms with E-state index in [0.29, 0.717) is 28.7 Å². The van der Waals surface area contributed by atoms with Crippen molar-refractivity contribution in [3.8, 4) is 17.1 Å². The first-order chi connectivity index (χ1) is 23.3. The fourth-order valence-electron chi connectivity index (χ4n) is 6.58. The van der Waals surface area contributed by atoms with Crippen molar-refractivity contribution in [1.82, 2.24) is 30.4 Å². The normalized spacial score (nSPS) is 22.4. The number of fused-ring (bicyclic) bond motifs is 2. The Kier molecular flexibility index (Phi) is 9.53. The lowest BCUT2D eigenvalue weighted by Crippen LogP contribution is -2.63. The van der Waals surface area contributed by atoms with Gasteiger partial charge in [0.05, 0.1) is 40.6 Å². The summed E-state index contributed by atoms with van der Waals surface area (Å²) in [4.78, 5) is 73.4. The van der Waals surface area contributed by atoms with Crippen molar-refractivity contribution in [2.45, 2.75) is 32.0 Å². The van der Waals surface area contributed by atoms with Crippen molar-refractivity contribution in [3.05, 3.63) is 68.1 Å². The van der Waals surface area contributed by atoms with Crippen molar-refractivity contribution < 1.29 is 38.9 Å². The number of hydrogen-bond acceptors (Lipinski definition) is 10. The zero-order valence-electron chi connectivity index (χ0n) is 26.2. The number of halogens is 2. The third-order valence-electron chi connectivity index (χ3n) is 9.00. The lowest BCUT2D eigenvalue weighted by Gasteiger charge is -2.46. The van der Waals surface area contributed by atoms with Crippen molar-refractivity contribution in [3.63, 3.8) is 0 Å². The highest BCUT2D eigenvalue weighted by molar-refractivity contribution is 6.31. The van der Waals surface area contributed by atoms with Crippen molar-refractivity contribution >= 4 is 58.2 Å². The smallest absolute Gasteiger partial charge is 0.415 e. The zero-order chi connectivity index (χ0) is 35.1. The molecule has 5 N–H and O–H groups in total. The number of aromatic nitrogens is 2. The fourth-order valence-corrected chi connectivity index (χ4v) is 6.93. The topological polar surface area (TPSA) is 203 Å². The molecule has 0 spiro atoms. The van der Waals surface area contributed by atoms with Gasteiger partial charge >= 0.3 is 18.2 Å². The first kappa shape index (κ1) is 34.2. The minimum Gasteiger partial charge on any atom is -0.477 e. The minimum absolute atomic E-state index is 0.0335. The molecule has 2 fully saturated rings. The van der Waals surface area contributed by atoms with E-state index < -0.39 is 59.6 Å². The summed E-state index contributed by atoms with van der Waals surface area (Å²) in [6.45, 7) is 3.80. The Labute approximate surface area is 288 Å². The number of carbonyl (C=O) groups is 4. The van der Waals surface area contributed by atoms with Crippen LogP contribution in [0.3, 0.4) is 0 Å². The molecular formula is C32H32Cl2N6O9. The molecule has 0 bridgehead atoms. The van der Waals surface area contributed by atoms with E-state index in [1.807, 2.05) is 0 Å². The van der Waals surface area contributed by atoms with E-state index in [0.717, 1.165) is 4.90 Å². The number of H-pyrrole nitrogens is 1. The highest BCUT2D eigenvalue weighted by Gasteiger charge is 2.59. The Bertz CT molecular complexity index is 1950. The summed E-state index contributed by atoms with van der Waals surface area (Å²) < 4.78 is 11.1. The second-order valence-corrected chi connectivity index (χ2v) is 12.9. The maximum atomic E-state index is 13.5. The average molecular weight is 716 g/mol. The molecule has 17 heteroatoms. The standard InChI is InChI=1S/C32H32Cl2N6O9/c1-14-21(26(30(44)45)40-25(14)24(15(2)41)29(40)43)13-48-31(46)36-12-18-11-35-7-8-39(18)32(47)49-23-6-4-17(34)10-20(23)27-37-22-5-3-16(33)9-19(22)28(42)38-27/h3-6,9-10,14-15,18,24-25,35,41H,7-8,11-13H2,1-2H3,(H,36,46)(H,44,45)(H,37,38,42). The van der Waals surface area contributed by atoms with Crippen LogP contribution < -0.4 is 20.9 Å². The summed E-state index contributed by atoms with van der Waals surface area (Å²) in [6, 6.07) is 8.13. The average Bonchev–Trinajstić information content (AvgIpc) is 3.31. The third-order valence-corrected chi connectivity index (χ3v) is 9.48. The van der Waals surface area contributed by atoms with E-state index in [-0.39, 0.29) is 53.5 Å². The van der Waals surface area contributed by atoms with Crippen LogP contribution in [-0.4, -0.2) is 105 Å². The molecule has 2 aromatic carbocycles. The van der Waals surface area contributed by atoms with Gasteiger partial charge in [0.25, 0.3) is 5.56 Å². The van der Waals surface area contributed by atoms with E-state index in [4.69, 9.17) is 32.7 Å². The molecule has 49 heavy (non-hydrogen) atoms. The van der Waals surface area contributed by atoms with Gasteiger partial charge < -0.3 is 45.1 Å². The number of aliphatic hydroxyl groups excluding tert-OH is 1. The summed E-state index contributed by atoms with van der Waals surface area (Å²) in [5, 5.41) is 26.6. The van der Waals surface area contributed by atoms with Crippen LogP contribution in [0.4, 0.5) is 9.59 Å². The second kappa shape index (κ2) is 13.7. The van der Waals surface area contributed by atoms with Gasteiger partial charge in [-0.2, -0.15) is 0 Å². The predicted octanol–water partition coefficient (Wildman–Crippen LogP) is 2.59. The zero-order valence-corrected chi connectivity index (χ0v) is 27.7. The van der Waals surface area contributed by atoms with Crippen LogP contribution in [0.2, 0.25) is 10.0 Å². The monoisotopic (exact) mass is 714 g/mol. The first-order valence-corrected chi connectivity index (χ1v) is 16.2. The molecule has 1 aromatic heterocycles. The molecule has 5 atom stereocenters. The molecule has 0 aliphatic carbocycles. The van der Waals surface area contributed by atoms with Gasteiger partial charge in [-0.3, -0.25) is 9.59 Å². The molecule has 3 amide bonds. The Balaban J connectivity index is 1.12. The third kappa shape index (κ3) is 6.54. The molecule has 0 saturated carbocycles. The number of carboxylic acids is 1. The maximum Gasteiger partial charge on any atom is 0.415 e. The van der Waals surface area contributed by atoms with Gasteiger partial charge in [-0.15, -0.1) is 0 Å². The molecule has 15 nitrogen and oxygen atoms in total. The Morgan fingerprint density at radius 1 is 1.14 bits per heavy atom. The number of piperazine rings is 1. The second-order valence-electron chi connectivity index (χ2n) is 12.0. The van der Waals surface area contributed by atoms with Crippen LogP contribution in [0.5, 0.6) is 5.75 Å². The van der Waals surface area contributed by atoms with Crippen LogP contribution in [-0.2, 0) is 14.3 Å². The van der Waals surface area contributed by atoms with E-state index in [1.165, 1.54) is 36.1 Å². The Morgan fingerprint density at radius 2 is 1.88 bits per heavy atom. The number of nitrogens with zero attached hydrogens (tertiary/aromatic N) is 3. The van der Waals surface area contributed by atoms with Crippen LogP contribution >= 0.6 is 23.2 Å². The summed E-state index contributed by atoms with van der Waals surface area (Å²) in [5.41, 5.74) is 0.219. The molecule has 2 saturated heterocycles. The molecular weight excluding hydrogens is 683 g/mol. The van der Waals surface area contributed by atoms with E-state index >= 15 is 0 Å². The van der Waals surface area contributed by atoms with Crippen LogP contribution in [0.1, 0.15) is 13.8 Å². The SMILES string of the molecule is CC(O)C1C(=O)N2C(C(=O)O)=C(COC(=O)NCC3CNCCN3C(=O)Oc3ccc(Cl)cc3-c3nc4ccc(Cl)cc4c(=O)[nH]3)C(C)C12. The lowest BCUT2D eigenvalue weighted by atomic mass is 9.78. The Hall–Kier alpha value is -4.70. The van der Waals surface area contributed by atoms with Gasteiger partial charge in [-0.05, 0) is 43.3 Å². The number of benzene rings is 2. The van der Waals surface area contributed by atoms with Crippen LogP contribution in [0, 0.1) is 11.8 Å². The number of ether oxygens (including phenoxy) is 2. The summed E-state index contributed by atoms with van der Waals surface area (Å²) in [5.74, 6) is -2.80. The van der Waals surface area contributed by atoms with Gasteiger partial charge in [0, 0.05) is 47.7 Å². The lowest BCUT2D eigenvalue weighted by molar-refractivity contribution is -0.163. The predicted molar refractivity (Wildman–Crippen MR) is 176 cm³/mol. The summed E-state index contributed by atoms with van der Waals surface area (Å²) >= 11 is 12.3. The van der Waals surface area contributed by atoms with Crippen LogP contribution in [0.25, 0.3) is 22.3 Å². The highest BCUT2D eigenvalue weighted by atomic mass is 35.5. The number of alkyl carbamates (subject to hydrolysis) is 1. The molecule has 5 unspecified atom stereocenters. The number of aromatic amines is 1. The molecule has 3 aromatic rings. The highest BCUT2D eigenvalue weighted by Crippen LogP contribution is 2.47. The molecule has 3 aliphatic rings. The number of aliphatic hydroxyl groups is 1. The maximum absolute atomic E-state index is 13.5. The summed E-state index contributed by atoms with van der Waals surface area (Å²) in [7, 11) is 0. The fraction of sp³-hybridized carbons (Fsp3) is 0.375. The number of β-lactam (4-membered cyclic amide) rings is 1. The van der Waals surface area contributed by atoms with Crippen molar-refractivity contribution in [2.75, 3.05) is 32.8 Å². The van der Waals surface area contributed by atoms with Gasteiger partial charge in [0.2, 0.25) is 5.91 Å². The molecule has 0 radical (unpaired) electrons. The van der Waals surface area contributed by atoms with E-state index in [2.05, 4.69) is 20.6 Å². The number of nitrogens with one attached hydrogen (secondary N) is 3. The van der Waals surface area contributed by atoms with Crippen molar-refractivity contribution in [1.29, 1.82) is 0 Å². The number of carbonyl (C=O) groups excluding carboxylic acids is 3. The molecule has 258 valence electrons. The first-order valence-electron chi connectivity index (χ1n) is 15.4. The molecule has 3 aliphatic heterocycles. The van der Waals surface area contributed by atoms with Crippen molar-refractivity contribution in [2.24, 2.45) is 11.8 Å². The summed E-state index contributed by atoms with van der Waals surface area (Å²) in [6.07, 6.45) is -2.54. The van der Waals surface area contributed by atoms with E-state index in [9.17, 15) is 34.2 Å².